The standard InChI is InChI=1S/C15H30N2O2S2/c1-3-8-16-14-7-5-4-6-13(14)11-17-9-10-20-12-15(17)21(2,18)19/h13-16H,3-12H2,1-2H3. The lowest BCUT2D eigenvalue weighted by molar-refractivity contribution is 0.165. The first kappa shape index (κ1) is 17.6. The molecule has 0 amide bonds. The van der Waals surface area contributed by atoms with Crippen LogP contribution in [0.2, 0.25) is 0 Å². The zero-order valence-corrected chi connectivity index (χ0v) is 15.0. The minimum atomic E-state index is -2.98. The summed E-state index contributed by atoms with van der Waals surface area (Å²) in [6.45, 7) is 5.14. The molecule has 2 rings (SSSR count). The van der Waals surface area contributed by atoms with Gasteiger partial charge in [0.1, 0.15) is 5.37 Å². The quantitative estimate of drug-likeness (QED) is 0.805. The molecular weight excluding hydrogens is 304 g/mol. The van der Waals surface area contributed by atoms with Crippen molar-refractivity contribution in [1.82, 2.24) is 10.2 Å². The van der Waals surface area contributed by atoms with E-state index in [9.17, 15) is 8.42 Å². The number of rotatable bonds is 6. The van der Waals surface area contributed by atoms with Gasteiger partial charge in [-0.25, -0.2) is 8.42 Å². The Bertz CT molecular complexity index is 414. The highest BCUT2D eigenvalue weighted by atomic mass is 32.2. The van der Waals surface area contributed by atoms with Gasteiger partial charge in [-0.3, -0.25) is 4.90 Å². The van der Waals surface area contributed by atoms with Gasteiger partial charge < -0.3 is 5.32 Å². The van der Waals surface area contributed by atoms with Crippen molar-refractivity contribution in [2.24, 2.45) is 5.92 Å². The Labute approximate surface area is 134 Å². The Kier molecular flexibility index (Phi) is 6.84. The van der Waals surface area contributed by atoms with E-state index in [0.29, 0.717) is 12.0 Å². The van der Waals surface area contributed by atoms with Crippen molar-refractivity contribution in [3.8, 4) is 0 Å². The van der Waals surface area contributed by atoms with Gasteiger partial charge in [0.05, 0.1) is 0 Å². The lowest BCUT2D eigenvalue weighted by Crippen LogP contribution is -2.52. The summed E-state index contributed by atoms with van der Waals surface area (Å²) in [6, 6.07) is 0.577. The molecule has 1 aliphatic heterocycles. The molecule has 21 heavy (non-hydrogen) atoms. The first-order valence-electron chi connectivity index (χ1n) is 8.26. The molecule has 1 saturated carbocycles. The monoisotopic (exact) mass is 334 g/mol. The Balaban J connectivity index is 1.99. The summed E-state index contributed by atoms with van der Waals surface area (Å²) in [7, 11) is -2.98. The fraction of sp³-hybridized carbons (Fsp3) is 1.00. The molecule has 6 heteroatoms. The molecule has 0 aromatic rings. The number of nitrogens with zero attached hydrogens (tertiary/aromatic N) is 1. The third-order valence-corrected chi connectivity index (χ3v) is 7.41. The van der Waals surface area contributed by atoms with Gasteiger partial charge in [-0.2, -0.15) is 11.8 Å². The largest absolute Gasteiger partial charge is 0.314 e. The van der Waals surface area contributed by atoms with Gasteiger partial charge in [0, 0.05) is 36.9 Å². The zero-order chi connectivity index (χ0) is 15.3. The molecule has 0 bridgehead atoms. The highest BCUT2D eigenvalue weighted by molar-refractivity contribution is 8.00. The molecule has 1 heterocycles. The summed E-state index contributed by atoms with van der Waals surface area (Å²) in [4.78, 5) is 2.24. The van der Waals surface area contributed by atoms with E-state index in [1.165, 1.54) is 31.9 Å². The smallest absolute Gasteiger partial charge is 0.164 e. The van der Waals surface area contributed by atoms with Gasteiger partial charge in [-0.1, -0.05) is 19.8 Å². The first-order valence-corrected chi connectivity index (χ1v) is 11.4. The number of hydrogen-bond acceptors (Lipinski definition) is 5. The number of nitrogens with one attached hydrogen (secondary N) is 1. The van der Waals surface area contributed by atoms with Crippen LogP contribution in [0.4, 0.5) is 0 Å². The lowest BCUT2D eigenvalue weighted by atomic mass is 9.84. The molecule has 0 aromatic heterocycles. The average molecular weight is 335 g/mol. The number of hydrogen-bond donors (Lipinski definition) is 1. The second-order valence-electron chi connectivity index (χ2n) is 6.46. The fourth-order valence-corrected chi connectivity index (χ4v) is 6.50. The maximum absolute atomic E-state index is 12.0. The van der Waals surface area contributed by atoms with Crippen LogP contribution in [0.1, 0.15) is 39.0 Å². The first-order chi connectivity index (χ1) is 10.0. The van der Waals surface area contributed by atoms with E-state index >= 15 is 0 Å². The third-order valence-electron chi connectivity index (χ3n) is 4.72. The molecular formula is C15H30N2O2S2. The van der Waals surface area contributed by atoms with Crippen LogP contribution >= 0.6 is 11.8 Å². The van der Waals surface area contributed by atoms with Gasteiger partial charge in [-0.15, -0.1) is 0 Å². The molecule has 1 saturated heterocycles. The van der Waals surface area contributed by atoms with Gasteiger partial charge in [0.2, 0.25) is 0 Å². The molecule has 3 unspecified atom stereocenters. The van der Waals surface area contributed by atoms with Crippen molar-refractivity contribution < 1.29 is 8.42 Å². The van der Waals surface area contributed by atoms with E-state index in [1.807, 2.05) is 0 Å². The maximum atomic E-state index is 12.0. The summed E-state index contributed by atoms with van der Waals surface area (Å²) < 4.78 is 24.0. The molecule has 0 spiro atoms. The Morgan fingerprint density at radius 2 is 2.05 bits per heavy atom. The SMILES string of the molecule is CCCNC1CCCCC1CN1CCSCC1S(C)(=O)=O. The Morgan fingerprint density at radius 3 is 2.76 bits per heavy atom. The summed E-state index contributed by atoms with van der Waals surface area (Å²) in [5.41, 5.74) is 0. The molecule has 1 aliphatic carbocycles. The highest BCUT2D eigenvalue weighted by Gasteiger charge is 2.34. The van der Waals surface area contributed by atoms with Crippen molar-refractivity contribution in [3.63, 3.8) is 0 Å². The Morgan fingerprint density at radius 1 is 1.29 bits per heavy atom. The predicted molar refractivity (Wildman–Crippen MR) is 91.6 cm³/mol. The summed E-state index contributed by atoms with van der Waals surface area (Å²) in [5.74, 6) is 2.40. The summed E-state index contributed by atoms with van der Waals surface area (Å²) in [6.07, 6.45) is 7.64. The van der Waals surface area contributed by atoms with Crippen molar-refractivity contribution in [3.05, 3.63) is 0 Å². The second kappa shape index (κ2) is 8.18. The van der Waals surface area contributed by atoms with Crippen LogP contribution in [0.5, 0.6) is 0 Å². The van der Waals surface area contributed by atoms with Crippen molar-refractivity contribution in [2.45, 2.75) is 50.4 Å². The van der Waals surface area contributed by atoms with Crippen LogP contribution in [-0.4, -0.2) is 62.1 Å². The van der Waals surface area contributed by atoms with E-state index in [1.54, 1.807) is 11.8 Å². The van der Waals surface area contributed by atoms with Crippen LogP contribution in [0.15, 0.2) is 0 Å². The molecule has 0 radical (unpaired) electrons. The van der Waals surface area contributed by atoms with E-state index in [0.717, 1.165) is 37.6 Å². The van der Waals surface area contributed by atoms with Gasteiger partial charge >= 0.3 is 0 Å². The minimum Gasteiger partial charge on any atom is -0.314 e. The summed E-state index contributed by atoms with van der Waals surface area (Å²) >= 11 is 1.77. The maximum Gasteiger partial charge on any atom is 0.164 e. The van der Waals surface area contributed by atoms with Crippen LogP contribution in [0, 0.1) is 5.92 Å². The average Bonchev–Trinajstić information content (AvgIpc) is 2.46. The number of sulfone groups is 1. The van der Waals surface area contributed by atoms with E-state index in [2.05, 4.69) is 17.1 Å². The molecule has 3 atom stereocenters. The lowest BCUT2D eigenvalue weighted by Gasteiger charge is -2.40. The summed E-state index contributed by atoms with van der Waals surface area (Å²) in [5, 5.41) is 3.41. The van der Waals surface area contributed by atoms with Crippen LogP contribution in [0.25, 0.3) is 0 Å². The topological polar surface area (TPSA) is 49.4 Å². The molecule has 2 fully saturated rings. The van der Waals surface area contributed by atoms with Crippen LogP contribution in [0.3, 0.4) is 0 Å². The van der Waals surface area contributed by atoms with Gasteiger partial charge in [0.25, 0.3) is 0 Å². The van der Waals surface area contributed by atoms with E-state index in [4.69, 9.17) is 0 Å². The molecule has 4 nitrogen and oxygen atoms in total. The molecule has 2 aliphatic rings. The van der Waals surface area contributed by atoms with E-state index in [-0.39, 0.29) is 5.37 Å². The molecule has 0 aromatic carbocycles. The second-order valence-corrected chi connectivity index (χ2v) is 9.81. The van der Waals surface area contributed by atoms with Crippen LogP contribution < -0.4 is 5.32 Å². The van der Waals surface area contributed by atoms with E-state index < -0.39 is 9.84 Å². The van der Waals surface area contributed by atoms with Crippen molar-refractivity contribution in [2.75, 3.05) is 37.4 Å². The normalized spacial score (nSPS) is 32.2. The van der Waals surface area contributed by atoms with Crippen molar-refractivity contribution >= 4 is 21.6 Å². The Hall–Kier alpha value is 0.220. The fourth-order valence-electron chi connectivity index (χ4n) is 3.54. The zero-order valence-electron chi connectivity index (χ0n) is 13.4. The van der Waals surface area contributed by atoms with Gasteiger partial charge in [-0.05, 0) is 31.7 Å². The number of thioether (sulfide) groups is 1. The van der Waals surface area contributed by atoms with Crippen LogP contribution in [-0.2, 0) is 9.84 Å². The third kappa shape index (κ3) is 5.12. The highest BCUT2D eigenvalue weighted by Crippen LogP contribution is 2.28. The molecule has 124 valence electrons. The van der Waals surface area contributed by atoms with Crippen molar-refractivity contribution in [1.29, 1.82) is 0 Å². The van der Waals surface area contributed by atoms with Gasteiger partial charge in [0.15, 0.2) is 9.84 Å². The predicted octanol–water partition coefficient (Wildman–Crippen LogP) is 1.96. The molecule has 1 N–H and O–H groups in total. The minimum absolute atomic E-state index is 0.273.